The van der Waals surface area contributed by atoms with E-state index in [-0.39, 0.29) is 24.8 Å². The lowest BCUT2D eigenvalue weighted by molar-refractivity contribution is 0.0969. The Bertz CT molecular complexity index is 837. The molecule has 0 saturated heterocycles. The molecule has 28 heavy (non-hydrogen) atoms. The fourth-order valence-corrected chi connectivity index (χ4v) is 4.20. The van der Waals surface area contributed by atoms with Crippen LogP contribution in [0.1, 0.15) is 52.7 Å². The molecule has 0 spiro atoms. The molecule has 2 N–H and O–H groups in total. The molecule has 5 heteroatoms. The molecule has 2 aliphatic rings. The third kappa shape index (κ3) is 4.50. The second-order valence-electron chi connectivity index (χ2n) is 7.56. The van der Waals surface area contributed by atoms with E-state index >= 15 is 0 Å². The van der Waals surface area contributed by atoms with Crippen LogP contribution >= 0.6 is 12.4 Å². The number of aliphatic hydroxyl groups is 1. The number of Topliss-reactive ketones (excluding diaryl/α,β-unsaturated/α-hetero) is 1. The number of aryl methyl sites for hydroxylation is 1. The quantitative estimate of drug-likeness (QED) is 0.755. The summed E-state index contributed by atoms with van der Waals surface area (Å²) in [7, 11) is 0. The lowest BCUT2D eigenvalue weighted by atomic mass is 9.90. The van der Waals surface area contributed by atoms with Gasteiger partial charge in [-0.3, -0.25) is 4.79 Å². The molecule has 0 amide bonds. The third-order valence-corrected chi connectivity index (χ3v) is 5.62. The first kappa shape index (κ1) is 20.7. The fourth-order valence-electron chi connectivity index (χ4n) is 4.20. The van der Waals surface area contributed by atoms with Crippen molar-refractivity contribution in [2.24, 2.45) is 0 Å². The predicted octanol–water partition coefficient (Wildman–Crippen LogP) is 4.36. The van der Waals surface area contributed by atoms with Gasteiger partial charge in [0.1, 0.15) is 18.5 Å². The molecule has 150 valence electrons. The zero-order chi connectivity index (χ0) is 18.6. The number of nitrogens with one attached hydrogen (secondary N) is 1. The van der Waals surface area contributed by atoms with Crippen LogP contribution in [-0.2, 0) is 19.3 Å². The van der Waals surface area contributed by atoms with Crippen molar-refractivity contribution in [3.05, 3.63) is 58.7 Å². The van der Waals surface area contributed by atoms with E-state index in [9.17, 15) is 9.90 Å². The summed E-state index contributed by atoms with van der Waals surface area (Å²) in [4.78, 5) is 12.0. The first-order chi connectivity index (χ1) is 13.2. The molecule has 1 unspecified atom stereocenters. The summed E-state index contributed by atoms with van der Waals surface area (Å²) < 4.78 is 5.87. The highest BCUT2D eigenvalue weighted by Crippen LogP contribution is 2.30. The minimum absolute atomic E-state index is 0. The van der Waals surface area contributed by atoms with Crippen LogP contribution in [-0.4, -0.2) is 30.1 Å². The summed E-state index contributed by atoms with van der Waals surface area (Å²) in [5.74, 6) is 0.925. The van der Waals surface area contributed by atoms with Crippen LogP contribution in [0.25, 0.3) is 0 Å². The molecule has 0 bridgehead atoms. The van der Waals surface area contributed by atoms with E-state index in [0.717, 1.165) is 48.2 Å². The summed E-state index contributed by atoms with van der Waals surface area (Å²) in [6, 6.07) is 12.0. The third-order valence-electron chi connectivity index (χ3n) is 5.62. The van der Waals surface area contributed by atoms with Crippen molar-refractivity contribution in [2.45, 2.75) is 51.0 Å². The number of fused-ring (bicyclic) bond motifs is 2. The maximum atomic E-state index is 12.0. The summed E-state index contributed by atoms with van der Waals surface area (Å²) in [5, 5.41) is 13.8. The molecule has 4 nitrogen and oxygen atoms in total. The van der Waals surface area contributed by atoms with Crippen LogP contribution in [0, 0.1) is 0 Å². The van der Waals surface area contributed by atoms with Gasteiger partial charge in [0.15, 0.2) is 5.78 Å². The van der Waals surface area contributed by atoms with Gasteiger partial charge in [-0.25, -0.2) is 0 Å². The molecule has 2 aromatic rings. The number of anilines is 1. The van der Waals surface area contributed by atoms with Crippen LogP contribution in [0.5, 0.6) is 5.75 Å². The van der Waals surface area contributed by atoms with Gasteiger partial charge in [0.2, 0.25) is 0 Å². The molecule has 2 aromatic carbocycles. The average Bonchev–Trinajstić information content (AvgIpc) is 2.71. The Morgan fingerprint density at radius 3 is 2.64 bits per heavy atom. The van der Waals surface area contributed by atoms with Gasteiger partial charge in [-0.05, 0) is 61.8 Å². The van der Waals surface area contributed by atoms with Crippen LogP contribution in [0.15, 0.2) is 36.4 Å². The van der Waals surface area contributed by atoms with Crippen molar-refractivity contribution in [3.63, 3.8) is 0 Å². The molecule has 0 heterocycles. The number of carbonyl (C=O) groups excluding carboxylic acids is 1. The largest absolute Gasteiger partial charge is 0.491 e. The molecular weight excluding hydrogens is 374 g/mol. The van der Waals surface area contributed by atoms with Gasteiger partial charge in [0.05, 0.1) is 0 Å². The van der Waals surface area contributed by atoms with Gasteiger partial charge >= 0.3 is 0 Å². The Labute approximate surface area is 172 Å². The zero-order valence-electron chi connectivity index (χ0n) is 16.1. The van der Waals surface area contributed by atoms with E-state index in [0.29, 0.717) is 13.0 Å². The molecule has 2 aliphatic carbocycles. The monoisotopic (exact) mass is 401 g/mol. The number of hydrogen-bond donors (Lipinski definition) is 2. The average molecular weight is 402 g/mol. The second-order valence-corrected chi connectivity index (χ2v) is 7.56. The number of rotatable bonds is 6. The number of carbonyl (C=O) groups is 1. The van der Waals surface area contributed by atoms with Crippen LogP contribution in [0.4, 0.5) is 5.69 Å². The number of ketones is 1. The van der Waals surface area contributed by atoms with Gasteiger partial charge in [-0.1, -0.05) is 24.3 Å². The van der Waals surface area contributed by atoms with Crippen molar-refractivity contribution in [1.29, 1.82) is 0 Å². The Kier molecular flexibility index (Phi) is 6.97. The minimum atomic E-state index is -0.611. The molecule has 1 atom stereocenters. The highest BCUT2D eigenvalue weighted by molar-refractivity contribution is 5.99. The number of ether oxygens (including phenoxy) is 1. The van der Waals surface area contributed by atoms with Gasteiger partial charge in [-0.15, -0.1) is 12.4 Å². The standard InChI is InChI=1S/C23H27NO3.ClH/c25-17(14-24-21-11-3-7-16-6-1-2-8-18(16)21)15-27-23-13-5-9-19-20(23)10-4-12-22(19)26;/h3,5,7,9,11,13,17,24-25H,1-2,4,6,8,10,12,14-15H2;1H. The van der Waals surface area contributed by atoms with E-state index in [1.54, 1.807) is 0 Å². The van der Waals surface area contributed by atoms with E-state index in [2.05, 4.69) is 23.5 Å². The summed E-state index contributed by atoms with van der Waals surface area (Å²) in [6.45, 7) is 0.664. The van der Waals surface area contributed by atoms with Gasteiger partial charge in [0.25, 0.3) is 0 Å². The van der Waals surface area contributed by atoms with Gasteiger partial charge in [-0.2, -0.15) is 0 Å². The number of benzene rings is 2. The Balaban J connectivity index is 0.00000225. The zero-order valence-corrected chi connectivity index (χ0v) is 16.9. The second kappa shape index (κ2) is 9.44. The van der Waals surface area contributed by atoms with Crippen molar-refractivity contribution in [2.75, 3.05) is 18.5 Å². The molecular formula is C23H28ClNO3. The topological polar surface area (TPSA) is 58.6 Å². The predicted molar refractivity (Wildman–Crippen MR) is 114 cm³/mol. The van der Waals surface area contributed by atoms with Crippen molar-refractivity contribution >= 4 is 23.9 Å². The van der Waals surface area contributed by atoms with Crippen LogP contribution in [0.2, 0.25) is 0 Å². The lowest BCUT2D eigenvalue weighted by Gasteiger charge is -2.22. The van der Waals surface area contributed by atoms with E-state index < -0.39 is 6.10 Å². The van der Waals surface area contributed by atoms with Crippen LogP contribution < -0.4 is 10.1 Å². The summed E-state index contributed by atoms with van der Waals surface area (Å²) >= 11 is 0. The number of aliphatic hydroxyl groups excluding tert-OH is 1. The van der Waals surface area contributed by atoms with E-state index in [1.165, 1.54) is 24.0 Å². The molecule has 0 fully saturated rings. The minimum Gasteiger partial charge on any atom is -0.491 e. The summed E-state index contributed by atoms with van der Waals surface area (Å²) in [6.07, 6.45) is 6.48. The van der Waals surface area contributed by atoms with E-state index in [1.807, 2.05) is 18.2 Å². The number of halogens is 1. The highest BCUT2D eigenvalue weighted by atomic mass is 35.5. The normalized spacial score (nSPS) is 16.4. The maximum Gasteiger partial charge on any atom is 0.163 e. The van der Waals surface area contributed by atoms with Gasteiger partial charge in [0, 0.05) is 29.8 Å². The SMILES string of the molecule is Cl.O=C1CCCc2c(OCC(O)CNc3cccc4c3CCCC4)cccc21. The highest BCUT2D eigenvalue weighted by Gasteiger charge is 2.21. The maximum absolute atomic E-state index is 12.0. The van der Waals surface area contributed by atoms with Crippen molar-refractivity contribution in [3.8, 4) is 5.75 Å². The molecule has 0 aliphatic heterocycles. The Morgan fingerprint density at radius 1 is 0.964 bits per heavy atom. The summed E-state index contributed by atoms with van der Waals surface area (Å²) in [5.41, 5.74) is 5.73. The molecule has 0 aromatic heterocycles. The Hall–Kier alpha value is -2.04. The molecule has 0 radical (unpaired) electrons. The molecule has 0 saturated carbocycles. The molecule has 4 rings (SSSR count). The Morgan fingerprint density at radius 2 is 1.75 bits per heavy atom. The fraction of sp³-hybridized carbons (Fsp3) is 0.435. The number of hydrogen-bond acceptors (Lipinski definition) is 4. The van der Waals surface area contributed by atoms with Crippen LogP contribution in [0.3, 0.4) is 0 Å². The first-order valence-electron chi connectivity index (χ1n) is 10.0. The first-order valence-corrected chi connectivity index (χ1v) is 10.0. The van der Waals surface area contributed by atoms with E-state index in [4.69, 9.17) is 4.74 Å². The van der Waals surface area contributed by atoms with Gasteiger partial charge < -0.3 is 15.2 Å². The van der Waals surface area contributed by atoms with Crippen molar-refractivity contribution in [1.82, 2.24) is 0 Å². The van der Waals surface area contributed by atoms with Crippen molar-refractivity contribution < 1.29 is 14.6 Å². The lowest BCUT2D eigenvalue weighted by Crippen LogP contribution is -2.27. The smallest absolute Gasteiger partial charge is 0.163 e.